The van der Waals surface area contributed by atoms with Crippen molar-refractivity contribution in [3.05, 3.63) is 70.8 Å². The Morgan fingerprint density at radius 2 is 1.62 bits per heavy atom. The van der Waals surface area contributed by atoms with Crippen molar-refractivity contribution in [2.24, 2.45) is 4.99 Å². The van der Waals surface area contributed by atoms with E-state index in [1.807, 2.05) is 18.2 Å². The summed E-state index contributed by atoms with van der Waals surface area (Å²) in [6.07, 6.45) is 0.817. The highest BCUT2D eigenvalue weighted by Gasteiger charge is 2.08. The fourth-order valence-electron chi connectivity index (χ4n) is 3.21. The van der Waals surface area contributed by atoms with Gasteiger partial charge in [-0.15, -0.1) is 24.0 Å². The van der Waals surface area contributed by atoms with E-state index in [-0.39, 0.29) is 29.9 Å². The first-order chi connectivity index (χ1) is 14.9. The number of carbonyl (C=O) groups is 1. The summed E-state index contributed by atoms with van der Waals surface area (Å²) in [5.74, 6) is 0.830. The highest BCUT2D eigenvalue weighted by atomic mass is 127. The maximum absolute atomic E-state index is 12.2. The molecular weight excluding hydrogens is 513 g/mol. The van der Waals surface area contributed by atoms with E-state index in [0.717, 1.165) is 49.7 Å². The second kappa shape index (κ2) is 14.8. The Bertz CT molecular complexity index is 869. The quantitative estimate of drug-likeness (QED) is 0.268. The number of benzene rings is 2. The number of hydrogen-bond acceptors (Lipinski definition) is 3. The van der Waals surface area contributed by atoms with Gasteiger partial charge >= 0.3 is 0 Å². The number of halogens is 1. The van der Waals surface area contributed by atoms with Crippen LogP contribution in [0.25, 0.3) is 0 Å². The number of rotatable bonds is 10. The van der Waals surface area contributed by atoms with Gasteiger partial charge in [0, 0.05) is 39.3 Å². The lowest BCUT2D eigenvalue weighted by Crippen LogP contribution is -2.38. The number of hydrogen-bond donors (Lipinski definition) is 2. The van der Waals surface area contributed by atoms with Crippen molar-refractivity contribution in [3.63, 3.8) is 0 Å². The molecule has 0 aliphatic heterocycles. The monoisotopic (exact) mass is 551 g/mol. The van der Waals surface area contributed by atoms with Crippen LogP contribution in [0, 0.1) is 0 Å². The van der Waals surface area contributed by atoms with E-state index >= 15 is 0 Å². The molecule has 6 nitrogen and oxygen atoms in total. The summed E-state index contributed by atoms with van der Waals surface area (Å²) >= 11 is 0. The average molecular weight is 552 g/mol. The largest absolute Gasteiger partial charge is 0.357 e. The Balaban J connectivity index is 0.00000512. The van der Waals surface area contributed by atoms with E-state index in [1.54, 1.807) is 19.0 Å². The Morgan fingerprint density at radius 1 is 0.938 bits per heavy atom. The SMILES string of the molecule is CCNC(=NCc1cccc(CN(C)CC)c1)NCCc1cccc(C(=O)N(C)C)c1.I. The molecule has 32 heavy (non-hydrogen) atoms. The van der Waals surface area contributed by atoms with E-state index in [0.29, 0.717) is 6.54 Å². The number of aliphatic imine (C=N–C) groups is 1. The third-order valence-corrected chi connectivity index (χ3v) is 5.03. The smallest absolute Gasteiger partial charge is 0.253 e. The molecule has 1 amide bonds. The highest BCUT2D eigenvalue weighted by Crippen LogP contribution is 2.09. The molecule has 0 fully saturated rings. The molecule has 0 aromatic heterocycles. The Hall–Kier alpha value is -2.13. The van der Waals surface area contributed by atoms with Gasteiger partial charge in [0.2, 0.25) is 0 Å². The van der Waals surface area contributed by atoms with Gasteiger partial charge in [0.05, 0.1) is 6.54 Å². The van der Waals surface area contributed by atoms with Gasteiger partial charge in [0.25, 0.3) is 5.91 Å². The first-order valence-corrected chi connectivity index (χ1v) is 11.0. The molecule has 0 saturated carbocycles. The van der Waals surface area contributed by atoms with Crippen molar-refractivity contribution in [3.8, 4) is 0 Å². The van der Waals surface area contributed by atoms with E-state index in [9.17, 15) is 4.79 Å². The molecule has 2 aromatic carbocycles. The van der Waals surface area contributed by atoms with Gasteiger partial charge in [-0.25, -0.2) is 4.99 Å². The highest BCUT2D eigenvalue weighted by molar-refractivity contribution is 14.0. The van der Waals surface area contributed by atoms with Crippen molar-refractivity contribution in [2.45, 2.75) is 33.4 Å². The number of carbonyl (C=O) groups excluding carboxylic acids is 1. The van der Waals surface area contributed by atoms with Crippen LogP contribution in [-0.4, -0.2) is 62.4 Å². The molecule has 2 rings (SSSR count). The average Bonchev–Trinajstić information content (AvgIpc) is 2.77. The van der Waals surface area contributed by atoms with Crippen LogP contribution < -0.4 is 10.6 Å². The minimum Gasteiger partial charge on any atom is -0.357 e. The van der Waals surface area contributed by atoms with Crippen LogP contribution in [0.5, 0.6) is 0 Å². The van der Waals surface area contributed by atoms with Crippen LogP contribution in [0.15, 0.2) is 53.5 Å². The summed E-state index contributed by atoms with van der Waals surface area (Å²) in [5, 5.41) is 6.71. The van der Waals surface area contributed by atoms with Crippen molar-refractivity contribution in [1.82, 2.24) is 20.4 Å². The Labute approximate surface area is 210 Å². The summed E-state index contributed by atoms with van der Waals surface area (Å²) in [4.78, 5) is 20.8. The van der Waals surface area contributed by atoms with Crippen molar-refractivity contribution < 1.29 is 4.79 Å². The van der Waals surface area contributed by atoms with Gasteiger partial charge in [-0.05, 0) is 55.8 Å². The molecule has 0 spiro atoms. The number of amides is 1. The fourth-order valence-corrected chi connectivity index (χ4v) is 3.21. The molecule has 0 aliphatic carbocycles. The predicted molar refractivity (Wildman–Crippen MR) is 145 cm³/mol. The number of nitrogens with zero attached hydrogens (tertiary/aromatic N) is 3. The van der Waals surface area contributed by atoms with Gasteiger partial charge in [0.1, 0.15) is 0 Å². The van der Waals surface area contributed by atoms with E-state index < -0.39 is 0 Å². The fraction of sp³-hybridized carbons (Fsp3) is 0.440. The van der Waals surface area contributed by atoms with Crippen LogP contribution in [0.3, 0.4) is 0 Å². The molecule has 176 valence electrons. The Morgan fingerprint density at radius 3 is 2.31 bits per heavy atom. The van der Waals surface area contributed by atoms with Gasteiger partial charge in [0.15, 0.2) is 5.96 Å². The molecule has 0 unspecified atom stereocenters. The van der Waals surface area contributed by atoms with Crippen LogP contribution in [0.1, 0.15) is 40.9 Å². The van der Waals surface area contributed by atoms with Gasteiger partial charge in [-0.3, -0.25) is 4.79 Å². The first-order valence-electron chi connectivity index (χ1n) is 11.0. The van der Waals surface area contributed by atoms with Gasteiger partial charge in [-0.1, -0.05) is 43.3 Å². The minimum atomic E-state index is 0. The zero-order chi connectivity index (χ0) is 22.6. The first kappa shape index (κ1) is 27.9. The zero-order valence-corrected chi connectivity index (χ0v) is 22.3. The molecule has 7 heteroatoms. The van der Waals surface area contributed by atoms with Gasteiger partial charge in [-0.2, -0.15) is 0 Å². The molecule has 0 radical (unpaired) electrons. The van der Waals surface area contributed by atoms with Crippen molar-refractivity contribution in [2.75, 3.05) is 40.8 Å². The van der Waals surface area contributed by atoms with Crippen LogP contribution in [0.4, 0.5) is 0 Å². The topological polar surface area (TPSA) is 60.0 Å². The third-order valence-electron chi connectivity index (χ3n) is 5.03. The minimum absolute atomic E-state index is 0. The molecule has 2 N–H and O–H groups in total. The number of nitrogens with one attached hydrogen (secondary N) is 2. The lowest BCUT2D eigenvalue weighted by atomic mass is 10.1. The molecule has 0 atom stereocenters. The van der Waals surface area contributed by atoms with Gasteiger partial charge < -0.3 is 20.4 Å². The van der Waals surface area contributed by atoms with E-state index in [1.165, 1.54) is 11.1 Å². The normalized spacial score (nSPS) is 11.1. The van der Waals surface area contributed by atoms with Crippen LogP contribution in [0.2, 0.25) is 0 Å². The standard InChI is InChI=1S/C25H37N5O.HI/c1-6-26-25(28-18-21-11-8-12-22(16-21)19-30(5)7-2)27-15-14-20-10-9-13-23(17-20)24(31)29(3)4;/h8-13,16-17H,6-7,14-15,18-19H2,1-5H3,(H2,26,27,28);1H. The second-order valence-corrected chi connectivity index (χ2v) is 7.92. The lowest BCUT2D eigenvalue weighted by molar-refractivity contribution is 0.0827. The maximum Gasteiger partial charge on any atom is 0.253 e. The molecule has 0 saturated heterocycles. The number of guanidine groups is 1. The zero-order valence-electron chi connectivity index (χ0n) is 20.0. The molecule has 2 aromatic rings. The summed E-state index contributed by atoms with van der Waals surface area (Å²) in [6, 6.07) is 16.4. The van der Waals surface area contributed by atoms with Crippen molar-refractivity contribution in [1.29, 1.82) is 0 Å². The second-order valence-electron chi connectivity index (χ2n) is 7.92. The van der Waals surface area contributed by atoms with Crippen LogP contribution >= 0.6 is 24.0 Å². The van der Waals surface area contributed by atoms with Crippen LogP contribution in [-0.2, 0) is 19.5 Å². The van der Waals surface area contributed by atoms with E-state index in [4.69, 9.17) is 4.99 Å². The summed E-state index contributed by atoms with van der Waals surface area (Å²) in [7, 11) is 5.67. The molecule has 0 bridgehead atoms. The maximum atomic E-state index is 12.2. The lowest BCUT2D eigenvalue weighted by Gasteiger charge is -2.15. The predicted octanol–water partition coefficient (Wildman–Crippen LogP) is 3.76. The molecule has 0 heterocycles. The molecular formula is C25H38IN5O. The third kappa shape index (κ3) is 9.56. The van der Waals surface area contributed by atoms with E-state index in [2.05, 4.69) is 66.8 Å². The summed E-state index contributed by atoms with van der Waals surface area (Å²) in [5.41, 5.74) is 4.36. The van der Waals surface area contributed by atoms with Crippen molar-refractivity contribution >= 4 is 35.8 Å². The summed E-state index contributed by atoms with van der Waals surface area (Å²) in [6.45, 7) is 8.39. The summed E-state index contributed by atoms with van der Waals surface area (Å²) < 4.78 is 0. The molecule has 0 aliphatic rings. The Kier molecular flexibility index (Phi) is 12.9.